The van der Waals surface area contributed by atoms with Gasteiger partial charge in [0.2, 0.25) is 11.5 Å². The molecule has 0 aliphatic carbocycles. The van der Waals surface area contributed by atoms with Crippen molar-refractivity contribution in [1.29, 1.82) is 0 Å². The molecule has 0 aliphatic heterocycles. The lowest BCUT2D eigenvalue weighted by atomic mass is 10.2. The molecule has 0 fully saturated rings. The van der Waals surface area contributed by atoms with E-state index < -0.39 is 33.4 Å². The van der Waals surface area contributed by atoms with Gasteiger partial charge in [-0.3, -0.25) is 9.78 Å². The van der Waals surface area contributed by atoms with Crippen molar-refractivity contribution < 1.29 is 27.5 Å². The summed E-state index contributed by atoms with van der Waals surface area (Å²) in [5.74, 6) is -2.13. The molecule has 0 bridgehead atoms. The van der Waals surface area contributed by atoms with Gasteiger partial charge in [-0.05, 0) is 24.3 Å². The molecule has 0 saturated heterocycles. The Morgan fingerprint density at radius 1 is 1.15 bits per heavy atom. The maximum absolute atomic E-state index is 12.5. The molecule has 2 heterocycles. The van der Waals surface area contributed by atoms with Gasteiger partial charge in [-0.1, -0.05) is 18.2 Å². The Bertz CT molecular complexity index is 1030. The topological polar surface area (TPSA) is 119 Å². The first-order valence-corrected chi connectivity index (χ1v) is 8.89. The van der Waals surface area contributed by atoms with E-state index >= 15 is 0 Å². The SMILES string of the molecule is CC(=O)Oc1c(NS(=O)(=O)c2ccccc2)oc(-c2ccncc2)c1O. The van der Waals surface area contributed by atoms with E-state index in [9.17, 15) is 18.3 Å². The van der Waals surface area contributed by atoms with E-state index in [2.05, 4.69) is 9.71 Å². The molecule has 0 amide bonds. The van der Waals surface area contributed by atoms with Crippen molar-refractivity contribution in [1.82, 2.24) is 4.98 Å². The molecule has 26 heavy (non-hydrogen) atoms. The van der Waals surface area contributed by atoms with Crippen LogP contribution in [0.1, 0.15) is 6.92 Å². The molecule has 0 atom stereocenters. The number of ether oxygens (including phenoxy) is 1. The lowest BCUT2D eigenvalue weighted by Gasteiger charge is -2.07. The molecule has 0 radical (unpaired) electrons. The van der Waals surface area contributed by atoms with Crippen LogP contribution in [0.2, 0.25) is 0 Å². The van der Waals surface area contributed by atoms with Crippen molar-refractivity contribution in [2.24, 2.45) is 0 Å². The molecule has 0 saturated carbocycles. The summed E-state index contributed by atoms with van der Waals surface area (Å²) in [4.78, 5) is 15.2. The third-order valence-corrected chi connectivity index (χ3v) is 4.66. The molecule has 0 unspecified atom stereocenters. The third-order valence-electron chi connectivity index (χ3n) is 3.31. The van der Waals surface area contributed by atoms with Gasteiger partial charge >= 0.3 is 5.97 Å². The van der Waals surface area contributed by atoms with Crippen LogP contribution in [0.3, 0.4) is 0 Å². The van der Waals surface area contributed by atoms with E-state index in [0.29, 0.717) is 5.56 Å². The van der Waals surface area contributed by atoms with Crippen LogP contribution in [0.25, 0.3) is 11.3 Å². The van der Waals surface area contributed by atoms with E-state index in [4.69, 9.17) is 9.15 Å². The molecule has 8 nitrogen and oxygen atoms in total. The summed E-state index contributed by atoms with van der Waals surface area (Å²) in [6.07, 6.45) is 2.94. The number of furan rings is 1. The van der Waals surface area contributed by atoms with Gasteiger partial charge in [-0.25, -0.2) is 13.1 Å². The number of nitrogens with one attached hydrogen (secondary N) is 1. The average molecular weight is 374 g/mol. The fourth-order valence-corrected chi connectivity index (χ4v) is 3.20. The number of sulfonamides is 1. The van der Waals surface area contributed by atoms with Crippen molar-refractivity contribution >= 4 is 21.9 Å². The first-order chi connectivity index (χ1) is 12.4. The van der Waals surface area contributed by atoms with Gasteiger partial charge in [0.05, 0.1) is 4.90 Å². The van der Waals surface area contributed by atoms with E-state index in [1.165, 1.54) is 24.5 Å². The molecular weight excluding hydrogens is 360 g/mol. The zero-order valence-corrected chi connectivity index (χ0v) is 14.4. The Morgan fingerprint density at radius 3 is 2.42 bits per heavy atom. The van der Waals surface area contributed by atoms with E-state index in [0.717, 1.165) is 6.92 Å². The number of rotatable bonds is 5. The predicted molar refractivity (Wildman–Crippen MR) is 92.2 cm³/mol. The number of hydrogen-bond acceptors (Lipinski definition) is 7. The summed E-state index contributed by atoms with van der Waals surface area (Å²) in [6, 6.07) is 10.7. The highest BCUT2D eigenvalue weighted by atomic mass is 32.2. The number of aromatic nitrogens is 1. The van der Waals surface area contributed by atoms with Crippen LogP contribution in [0.5, 0.6) is 11.5 Å². The van der Waals surface area contributed by atoms with Gasteiger partial charge in [-0.15, -0.1) is 0 Å². The molecule has 2 N–H and O–H groups in total. The van der Waals surface area contributed by atoms with Crippen LogP contribution in [0.15, 0.2) is 64.2 Å². The minimum absolute atomic E-state index is 0.0184. The standard InChI is InChI=1S/C17H14N2O6S/c1-11(20)24-16-14(21)15(12-7-9-18-10-8-12)25-17(16)19-26(22,23)13-5-3-2-4-6-13/h2-10,19,21H,1H3. The monoisotopic (exact) mass is 374 g/mol. The minimum Gasteiger partial charge on any atom is -0.502 e. The van der Waals surface area contributed by atoms with Crippen LogP contribution in [0, 0.1) is 0 Å². The summed E-state index contributed by atoms with van der Waals surface area (Å²) in [7, 11) is -4.02. The largest absolute Gasteiger partial charge is 0.502 e. The van der Waals surface area contributed by atoms with E-state index in [1.807, 2.05) is 0 Å². The highest BCUT2D eigenvalue weighted by Crippen LogP contribution is 2.46. The second kappa shape index (κ2) is 6.89. The van der Waals surface area contributed by atoms with Gasteiger partial charge in [-0.2, -0.15) is 0 Å². The van der Waals surface area contributed by atoms with E-state index in [1.54, 1.807) is 30.3 Å². The molecule has 134 valence electrons. The van der Waals surface area contributed by atoms with Crippen molar-refractivity contribution in [3.63, 3.8) is 0 Å². The normalized spacial score (nSPS) is 11.1. The van der Waals surface area contributed by atoms with Crippen molar-refractivity contribution in [3.8, 4) is 22.8 Å². The molecule has 0 spiro atoms. The zero-order chi connectivity index (χ0) is 18.7. The van der Waals surface area contributed by atoms with Gasteiger partial charge in [0.1, 0.15) is 0 Å². The first kappa shape index (κ1) is 17.5. The smallest absolute Gasteiger partial charge is 0.308 e. The Morgan fingerprint density at radius 2 is 1.81 bits per heavy atom. The van der Waals surface area contributed by atoms with E-state index in [-0.39, 0.29) is 10.7 Å². The Hall–Kier alpha value is -3.33. The Kier molecular flexibility index (Phi) is 4.63. The highest BCUT2D eigenvalue weighted by molar-refractivity contribution is 7.92. The van der Waals surface area contributed by atoms with Gasteiger partial charge in [0, 0.05) is 24.9 Å². The number of hydrogen-bond donors (Lipinski definition) is 2. The summed E-state index contributed by atoms with van der Waals surface area (Å²) < 4.78 is 37.6. The number of anilines is 1. The number of pyridine rings is 1. The number of benzene rings is 1. The Balaban J connectivity index is 2.07. The van der Waals surface area contributed by atoms with Gasteiger partial charge < -0.3 is 14.3 Å². The van der Waals surface area contributed by atoms with Gasteiger partial charge in [0.25, 0.3) is 15.9 Å². The lowest BCUT2D eigenvalue weighted by Crippen LogP contribution is -2.13. The van der Waals surface area contributed by atoms with Crippen LogP contribution in [-0.4, -0.2) is 24.5 Å². The van der Waals surface area contributed by atoms with Crippen LogP contribution >= 0.6 is 0 Å². The average Bonchev–Trinajstić information content (AvgIpc) is 2.92. The fraction of sp³-hybridized carbons (Fsp3) is 0.0588. The Labute approximate surface area is 149 Å². The number of esters is 1. The summed E-state index contributed by atoms with van der Waals surface area (Å²) in [6.45, 7) is 1.12. The van der Waals surface area contributed by atoms with Crippen LogP contribution in [0.4, 0.5) is 5.88 Å². The maximum atomic E-state index is 12.5. The lowest BCUT2D eigenvalue weighted by molar-refractivity contribution is -0.131. The second-order valence-electron chi connectivity index (χ2n) is 5.19. The zero-order valence-electron chi connectivity index (χ0n) is 13.5. The quantitative estimate of drug-likeness (QED) is 0.659. The number of carbonyl (C=O) groups is 1. The molecule has 3 aromatic rings. The summed E-state index contributed by atoms with van der Waals surface area (Å²) in [5, 5.41) is 10.4. The maximum Gasteiger partial charge on any atom is 0.308 e. The molecule has 0 aliphatic rings. The van der Waals surface area contributed by atoms with Crippen molar-refractivity contribution in [2.45, 2.75) is 11.8 Å². The number of aromatic hydroxyl groups is 1. The molecule has 9 heteroatoms. The van der Waals surface area contributed by atoms with Crippen molar-refractivity contribution in [2.75, 3.05) is 4.72 Å². The second-order valence-corrected chi connectivity index (χ2v) is 6.87. The number of carbonyl (C=O) groups excluding carboxylic acids is 1. The highest BCUT2D eigenvalue weighted by Gasteiger charge is 2.27. The minimum atomic E-state index is -4.02. The van der Waals surface area contributed by atoms with Crippen LogP contribution < -0.4 is 9.46 Å². The molecule has 3 rings (SSSR count). The molecule has 1 aromatic carbocycles. The summed E-state index contributed by atoms with van der Waals surface area (Å²) >= 11 is 0. The summed E-state index contributed by atoms with van der Waals surface area (Å²) in [5.41, 5.74) is 0.427. The predicted octanol–water partition coefficient (Wildman–Crippen LogP) is 2.77. The fourth-order valence-electron chi connectivity index (χ4n) is 2.19. The van der Waals surface area contributed by atoms with Crippen molar-refractivity contribution in [3.05, 3.63) is 54.9 Å². The van der Waals surface area contributed by atoms with Gasteiger partial charge in [0.15, 0.2) is 5.76 Å². The van der Waals surface area contributed by atoms with Crippen LogP contribution in [-0.2, 0) is 14.8 Å². The number of nitrogens with zero attached hydrogens (tertiary/aromatic N) is 1. The molecular formula is C17H14N2O6S. The third kappa shape index (κ3) is 3.52. The first-order valence-electron chi connectivity index (χ1n) is 7.41. The molecule has 2 aromatic heterocycles.